The number of amides is 5. The monoisotopic (exact) mass is 1150 g/mol. The number of ether oxygens (including phenoxy) is 2. The van der Waals surface area contributed by atoms with E-state index in [0.717, 1.165) is 54.4 Å². The van der Waals surface area contributed by atoms with Crippen molar-refractivity contribution in [3.63, 3.8) is 0 Å². The summed E-state index contributed by atoms with van der Waals surface area (Å²) in [5.41, 5.74) is 2.04. The van der Waals surface area contributed by atoms with E-state index in [-0.39, 0.29) is 61.1 Å². The smallest absolute Gasteiger partial charge is 0.444 e. The summed E-state index contributed by atoms with van der Waals surface area (Å²) >= 11 is 0. The Hall–Kier alpha value is -6.93. The van der Waals surface area contributed by atoms with E-state index in [1.165, 1.54) is 42.2 Å². The largest absolute Gasteiger partial charge is 0.497 e. The highest BCUT2D eigenvalue weighted by molar-refractivity contribution is 6.59. The van der Waals surface area contributed by atoms with Crippen LogP contribution in [0.15, 0.2) is 115 Å². The summed E-state index contributed by atoms with van der Waals surface area (Å²) in [7, 11) is -0.674. The Morgan fingerprint density at radius 1 is 0.554 bits per heavy atom. The van der Waals surface area contributed by atoms with Gasteiger partial charge in [-0.1, -0.05) is 133 Å². The van der Waals surface area contributed by atoms with Gasteiger partial charge in [0, 0.05) is 76.0 Å². The zero-order valence-electron chi connectivity index (χ0n) is 49.3. The molecule has 0 spiro atoms. The van der Waals surface area contributed by atoms with Crippen molar-refractivity contribution in [1.29, 1.82) is 0 Å². The summed E-state index contributed by atoms with van der Waals surface area (Å²) in [6.07, 6.45) is 1.23. The average molecular weight is 1150 g/mol. The molecule has 3 saturated heterocycles. The summed E-state index contributed by atoms with van der Waals surface area (Å²) in [5.74, 6) is -1.20. The third-order valence-electron chi connectivity index (χ3n) is 16.6. The minimum atomic E-state index is -3.41. The molecule has 17 nitrogen and oxygen atoms in total. The van der Waals surface area contributed by atoms with Gasteiger partial charge >= 0.3 is 21.0 Å². The van der Waals surface area contributed by atoms with Crippen LogP contribution in [-0.2, 0) is 29.5 Å². The molecule has 5 N–H and O–H groups in total. The molecule has 0 saturated carbocycles. The molecule has 444 valence electrons. The highest BCUT2D eigenvalue weighted by atomic mass is 28.4. The second-order valence-electron chi connectivity index (χ2n) is 23.2. The van der Waals surface area contributed by atoms with Crippen LogP contribution in [-0.4, -0.2) is 146 Å². The minimum Gasteiger partial charge on any atom is -0.444 e. The first kappa shape index (κ1) is 62.1. The molecule has 0 bridgehead atoms. The second-order valence-corrected chi connectivity index (χ2v) is 26.0. The molecular formula is C65H83N5O12Si. The number of hydrogen-bond donors (Lipinski definition) is 5. The van der Waals surface area contributed by atoms with Gasteiger partial charge in [0.1, 0.15) is 23.4 Å². The first-order valence-electron chi connectivity index (χ1n) is 29.2. The van der Waals surface area contributed by atoms with Crippen molar-refractivity contribution in [3.05, 3.63) is 176 Å². The standard InChI is InChI=1S/C65H83N5O12Si/c1-43(2)14-12-31-66-62(74)81-55-39-57(64(76,51-23-15-44(3)16-24-51)52-25-17-45(4)18-26-52)69(41-55)60(72)49-36-48(59(71)68-33-10-9-11-34-68)37-50(38-49)61(73)70-42-56(82-63(75)67-32-13-35-83(78,79-7)80-8)40-58(70)65(77,53-27-19-46(5)20-28-53)54-29-21-47(6)22-30-54/h15-30,36-38,43,55-58,76-78H,9-14,31-35,39-42H2,1-8H3,(H,66,74)(H,67,75)/t55-,56-,57+,58+/m1/s1. The number of benzene rings is 5. The van der Waals surface area contributed by atoms with Gasteiger partial charge in [0.05, 0.1) is 25.2 Å². The molecule has 4 atom stereocenters. The highest BCUT2D eigenvalue weighted by Crippen LogP contribution is 2.44. The molecule has 83 heavy (non-hydrogen) atoms. The van der Waals surface area contributed by atoms with E-state index >= 15 is 9.59 Å². The topological polar surface area (TPSA) is 217 Å². The number of aliphatic hydroxyl groups is 2. The van der Waals surface area contributed by atoms with Gasteiger partial charge in [0.15, 0.2) is 0 Å². The van der Waals surface area contributed by atoms with Crippen LogP contribution in [0.3, 0.4) is 0 Å². The molecule has 18 heteroatoms. The number of aryl methyl sites for hydroxylation is 4. The molecule has 0 aliphatic carbocycles. The summed E-state index contributed by atoms with van der Waals surface area (Å²) < 4.78 is 22.5. The third kappa shape index (κ3) is 14.5. The molecule has 5 amide bonds. The number of rotatable bonds is 21. The van der Waals surface area contributed by atoms with Gasteiger partial charge in [0.25, 0.3) is 17.7 Å². The fourth-order valence-electron chi connectivity index (χ4n) is 11.8. The van der Waals surface area contributed by atoms with E-state index in [4.69, 9.17) is 18.3 Å². The normalized spacial score (nSPS) is 18.5. The number of alkyl carbamates (subject to hydrolysis) is 2. The van der Waals surface area contributed by atoms with Crippen LogP contribution in [0.2, 0.25) is 6.04 Å². The first-order valence-corrected chi connectivity index (χ1v) is 31.1. The van der Waals surface area contributed by atoms with Gasteiger partial charge in [-0.15, -0.1) is 0 Å². The molecule has 0 unspecified atom stereocenters. The molecule has 3 aliphatic heterocycles. The van der Waals surface area contributed by atoms with E-state index in [1.54, 1.807) is 4.90 Å². The maximum absolute atomic E-state index is 15.9. The maximum atomic E-state index is 15.9. The summed E-state index contributed by atoms with van der Waals surface area (Å²) in [4.78, 5) is 89.1. The Labute approximate surface area is 489 Å². The number of carbonyl (C=O) groups excluding carboxylic acids is 5. The molecule has 5 aromatic rings. The van der Waals surface area contributed by atoms with Gasteiger partial charge in [-0.05, 0) is 113 Å². The SMILES string of the molecule is CO[Si](O)(CCCNC(=O)O[C@@H]1C[C@@H](C(O)(c2ccc(C)cc2)c2ccc(C)cc2)N(C(=O)c2cc(C(=O)N3CCCCC3)cc(C(=O)N3C[C@H](OC(=O)NCCCC(C)C)C[C@H]3C(O)(c3ccc(C)cc3)c3ccc(C)cc3)c2)C1)OC. The van der Waals surface area contributed by atoms with Gasteiger partial charge in [-0.2, -0.15) is 0 Å². The summed E-state index contributed by atoms with van der Waals surface area (Å²) in [6.45, 7) is 13.1. The number of nitrogens with one attached hydrogen (secondary N) is 2. The highest BCUT2D eigenvalue weighted by Gasteiger charge is 2.53. The lowest BCUT2D eigenvalue weighted by molar-refractivity contribution is -0.00154. The average Bonchev–Trinajstić information content (AvgIpc) is 3.97. The predicted octanol–water partition coefficient (Wildman–Crippen LogP) is 9.09. The van der Waals surface area contributed by atoms with Gasteiger partial charge < -0.3 is 58.7 Å². The maximum Gasteiger partial charge on any atom is 0.497 e. The molecule has 0 radical (unpaired) electrons. The molecule has 5 aromatic carbocycles. The number of carbonyl (C=O) groups is 5. The van der Waals surface area contributed by atoms with E-state index in [2.05, 4.69) is 24.5 Å². The lowest BCUT2D eigenvalue weighted by atomic mass is 9.78. The molecule has 3 heterocycles. The third-order valence-corrected chi connectivity index (χ3v) is 18.9. The fourth-order valence-corrected chi connectivity index (χ4v) is 13.0. The van der Waals surface area contributed by atoms with Crippen molar-refractivity contribution < 1.29 is 57.3 Å². The Balaban J connectivity index is 1.22. The Bertz CT molecular complexity index is 2950. The van der Waals surface area contributed by atoms with Gasteiger partial charge in [-0.25, -0.2) is 9.59 Å². The Kier molecular flexibility index (Phi) is 20.4. The van der Waals surface area contributed by atoms with Crippen molar-refractivity contribution in [1.82, 2.24) is 25.3 Å². The predicted molar refractivity (Wildman–Crippen MR) is 318 cm³/mol. The van der Waals surface area contributed by atoms with E-state index in [9.17, 15) is 29.4 Å². The van der Waals surface area contributed by atoms with Crippen LogP contribution in [0.1, 0.15) is 141 Å². The van der Waals surface area contributed by atoms with Crippen molar-refractivity contribution in [3.8, 4) is 0 Å². The zero-order valence-corrected chi connectivity index (χ0v) is 50.3. The van der Waals surface area contributed by atoms with Crippen molar-refractivity contribution in [2.75, 3.05) is 53.5 Å². The number of hydrogen-bond acceptors (Lipinski definition) is 12. The van der Waals surface area contributed by atoms with Crippen LogP contribution < -0.4 is 10.6 Å². The number of nitrogens with zero attached hydrogens (tertiary/aromatic N) is 3. The first-order chi connectivity index (χ1) is 39.6. The molecule has 8 rings (SSSR count). The van der Waals surface area contributed by atoms with E-state index in [1.807, 2.05) is 125 Å². The Morgan fingerprint density at radius 3 is 1.25 bits per heavy atom. The van der Waals surface area contributed by atoms with Crippen LogP contribution in [0.25, 0.3) is 0 Å². The van der Waals surface area contributed by atoms with Crippen molar-refractivity contribution in [2.45, 2.75) is 134 Å². The molecular weight excluding hydrogens is 1070 g/mol. The number of piperidine rings is 1. The van der Waals surface area contributed by atoms with E-state index < -0.39 is 68.3 Å². The fraction of sp³-hybridized carbons (Fsp3) is 0.462. The van der Waals surface area contributed by atoms with Crippen LogP contribution in [0, 0.1) is 33.6 Å². The van der Waals surface area contributed by atoms with Gasteiger partial charge in [0.2, 0.25) is 0 Å². The van der Waals surface area contributed by atoms with Crippen molar-refractivity contribution >= 4 is 38.7 Å². The number of likely N-dealkylation sites (tertiary alicyclic amines) is 3. The van der Waals surface area contributed by atoms with Crippen molar-refractivity contribution in [2.24, 2.45) is 5.92 Å². The lowest BCUT2D eigenvalue weighted by Crippen LogP contribution is -2.51. The molecule has 3 fully saturated rings. The van der Waals surface area contributed by atoms with Crippen LogP contribution in [0.5, 0.6) is 0 Å². The second kappa shape index (κ2) is 27.2. The Morgan fingerprint density at radius 2 is 0.904 bits per heavy atom. The zero-order chi connectivity index (χ0) is 59.6. The molecule has 0 aromatic heterocycles. The summed E-state index contributed by atoms with van der Waals surface area (Å²) in [5, 5.41) is 32.7. The lowest BCUT2D eigenvalue weighted by Gasteiger charge is -2.40. The van der Waals surface area contributed by atoms with Gasteiger partial charge in [-0.3, -0.25) is 14.4 Å². The minimum absolute atomic E-state index is 0.0195. The van der Waals surface area contributed by atoms with E-state index in [0.29, 0.717) is 54.2 Å². The summed E-state index contributed by atoms with van der Waals surface area (Å²) in [6, 6.07) is 32.1. The quantitative estimate of drug-likeness (QED) is 0.0344. The van der Waals surface area contributed by atoms with Crippen LogP contribution in [0.4, 0.5) is 9.59 Å². The van der Waals surface area contributed by atoms with Crippen LogP contribution >= 0.6 is 0 Å². The molecule has 3 aliphatic rings.